The molecule has 0 unspecified atom stereocenters. The minimum atomic E-state index is -0.957. The smallest absolute Gasteiger partial charge is 0.341 e. The summed E-state index contributed by atoms with van der Waals surface area (Å²) in [6.07, 6.45) is 3.55. The number of carboxylic acid groups (broad SMARTS) is 1. The molecule has 0 bridgehead atoms. The first kappa shape index (κ1) is 18.5. The topological polar surface area (TPSA) is 46.5 Å². The first-order valence-corrected chi connectivity index (χ1v) is 9.42. The van der Waals surface area contributed by atoms with Crippen LogP contribution in [0.2, 0.25) is 0 Å². The van der Waals surface area contributed by atoms with Crippen LogP contribution in [0.4, 0.5) is 0 Å². The van der Waals surface area contributed by atoms with E-state index < -0.39 is 5.97 Å². The summed E-state index contributed by atoms with van der Waals surface area (Å²) in [7, 11) is 0. The average molecular weight is 352 g/mol. The van der Waals surface area contributed by atoms with Gasteiger partial charge in [-0.2, -0.15) is 0 Å². The van der Waals surface area contributed by atoms with Gasteiger partial charge in [0, 0.05) is 0 Å². The van der Waals surface area contributed by atoms with E-state index in [1.165, 1.54) is 35.1 Å². The van der Waals surface area contributed by atoms with Gasteiger partial charge in [-0.25, -0.2) is 4.79 Å². The molecule has 1 saturated carbocycles. The fraction of sp³-hybridized carbons (Fsp3) is 0.435. The highest BCUT2D eigenvalue weighted by Crippen LogP contribution is 2.43. The number of aliphatic carboxylic acids is 1. The maximum atomic E-state index is 10.7. The lowest BCUT2D eigenvalue weighted by atomic mass is 9.89. The quantitative estimate of drug-likeness (QED) is 0.730. The van der Waals surface area contributed by atoms with Crippen LogP contribution in [0.5, 0.6) is 5.75 Å². The molecule has 0 radical (unpaired) electrons. The van der Waals surface area contributed by atoms with Gasteiger partial charge in [-0.1, -0.05) is 32.0 Å². The van der Waals surface area contributed by atoms with Crippen molar-refractivity contribution in [1.29, 1.82) is 0 Å². The van der Waals surface area contributed by atoms with Crippen LogP contribution in [0.1, 0.15) is 71.9 Å². The Kier molecular flexibility index (Phi) is 5.36. The number of ether oxygens (including phenoxy) is 1. The van der Waals surface area contributed by atoms with Gasteiger partial charge < -0.3 is 9.84 Å². The first-order chi connectivity index (χ1) is 12.3. The number of carbonyl (C=O) groups is 1. The minimum absolute atomic E-state index is 0.307. The van der Waals surface area contributed by atoms with Gasteiger partial charge in [0.15, 0.2) is 6.61 Å². The van der Waals surface area contributed by atoms with Gasteiger partial charge in [-0.05, 0) is 90.5 Å². The van der Waals surface area contributed by atoms with Crippen molar-refractivity contribution in [2.75, 3.05) is 6.61 Å². The molecule has 3 heteroatoms. The van der Waals surface area contributed by atoms with Crippen LogP contribution >= 0.6 is 0 Å². The lowest BCUT2D eigenvalue weighted by molar-refractivity contribution is -0.139. The molecule has 0 amide bonds. The highest BCUT2D eigenvalue weighted by molar-refractivity contribution is 5.68. The summed E-state index contributed by atoms with van der Waals surface area (Å²) in [6.45, 7) is 8.38. The van der Waals surface area contributed by atoms with E-state index in [-0.39, 0.29) is 6.61 Å². The Balaban J connectivity index is 1.84. The lowest BCUT2D eigenvalue weighted by Crippen LogP contribution is -2.10. The monoisotopic (exact) mass is 352 g/mol. The molecule has 3 nitrogen and oxygen atoms in total. The van der Waals surface area contributed by atoms with Crippen molar-refractivity contribution in [2.24, 2.45) is 0 Å². The van der Waals surface area contributed by atoms with Crippen molar-refractivity contribution >= 4 is 5.97 Å². The van der Waals surface area contributed by atoms with Gasteiger partial charge in [-0.15, -0.1) is 0 Å². The second-order valence-corrected chi connectivity index (χ2v) is 7.79. The molecule has 2 aromatic carbocycles. The van der Waals surface area contributed by atoms with Crippen LogP contribution in [0, 0.1) is 13.8 Å². The second kappa shape index (κ2) is 7.53. The van der Waals surface area contributed by atoms with Gasteiger partial charge in [0.2, 0.25) is 0 Å². The van der Waals surface area contributed by atoms with Crippen molar-refractivity contribution in [3.63, 3.8) is 0 Å². The third-order valence-electron chi connectivity index (χ3n) is 5.20. The second-order valence-electron chi connectivity index (χ2n) is 7.79. The van der Waals surface area contributed by atoms with E-state index in [9.17, 15) is 4.79 Å². The fourth-order valence-electron chi connectivity index (χ4n) is 3.67. The summed E-state index contributed by atoms with van der Waals surface area (Å²) in [5.41, 5.74) is 7.94. The van der Waals surface area contributed by atoms with E-state index in [2.05, 4.69) is 45.9 Å². The SMILES string of the molecule is Cc1cc(OCC(=O)O)cc(C)c1Cc1ccc(C2CC2)c(C(C)C)c1. The van der Waals surface area contributed by atoms with Crippen molar-refractivity contribution in [3.05, 3.63) is 63.7 Å². The molecule has 0 saturated heterocycles. The molecule has 3 rings (SSSR count). The van der Waals surface area contributed by atoms with Crippen molar-refractivity contribution in [3.8, 4) is 5.75 Å². The molecule has 1 N–H and O–H groups in total. The molecule has 1 fully saturated rings. The van der Waals surface area contributed by atoms with Crippen molar-refractivity contribution in [1.82, 2.24) is 0 Å². The zero-order valence-corrected chi connectivity index (χ0v) is 16.1. The third kappa shape index (κ3) is 4.27. The first-order valence-electron chi connectivity index (χ1n) is 9.42. The fourth-order valence-corrected chi connectivity index (χ4v) is 3.67. The summed E-state index contributed by atoms with van der Waals surface area (Å²) in [4.78, 5) is 10.7. The van der Waals surface area contributed by atoms with E-state index in [1.54, 1.807) is 0 Å². The maximum absolute atomic E-state index is 10.7. The molecule has 0 atom stereocenters. The van der Waals surface area contributed by atoms with Crippen LogP contribution in [-0.2, 0) is 11.2 Å². The Morgan fingerprint density at radius 1 is 1.15 bits per heavy atom. The van der Waals surface area contributed by atoms with Crippen LogP contribution in [0.3, 0.4) is 0 Å². The summed E-state index contributed by atoms with van der Waals surface area (Å²) in [5, 5.41) is 8.77. The van der Waals surface area contributed by atoms with E-state index >= 15 is 0 Å². The number of benzene rings is 2. The van der Waals surface area contributed by atoms with E-state index in [0.717, 1.165) is 23.5 Å². The zero-order valence-electron chi connectivity index (χ0n) is 16.1. The van der Waals surface area contributed by atoms with E-state index in [1.807, 2.05) is 12.1 Å². The lowest BCUT2D eigenvalue weighted by Gasteiger charge is -2.17. The van der Waals surface area contributed by atoms with Gasteiger partial charge in [0.1, 0.15) is 5.75 Å². The Labute approximate surface area is 156 Å². The summed E-state index contributed by atoms with van der Waals surface area (Å²) in [6, 6.07) is 10.9. The molecule has 2 aromatic rings. The standard InChI is InChI=1S/C23H28O3/c1-14(2)21-11-17(5-8-20(21)18-6-7-18)12-22-15(3)9-19(10-16(22)4)26-13-23(24)25/h5,8-11,14,18H,6-7,12-13H2,1-4H3,(H,24,25). The van der Waals surface area contributed by atoms with Gasteiger partial charge in [-0.3, -0.25) is 0 Å². The summed E-state index contributed by atoms with van der Waals surface area (Å²) in [5.74, 6) is 0.981. The Morgan fingerprint density at radius 2 is 1.81 bits per heavy atom. The van der Waals surface area contributed by atoms with E-state index in [4.69, 9.17) is 9.84 Å². The van der Waals surface area contributed by atoms with Gasteiger partial charge in [0.25, 0.3) is 0 Å². The number of hydrogen-bond donors (Lipinski definition) is 1. The number of carboxylic acids is 1. The van der Waals surface area contributed by atoms with Crippen LogP contribution in [0.15, 0.2) is 30.3 Å². The van der Waals surface area contributed by atoms with Gasteiger partial charge >= 0.3 is 5.97 Å². The average Bonchev–Trinajstić information content (AvgIpc) is 3.41. The molecular formula is C23H28O3. The highest BCUT2D eigenvalue weighted by atomic mass is 16.5. The van der Waals surface area contributed by atoms with Gasteiger partial charge in [0.05, 0.1) is 0 Å². The van der Waals surface area contributed by atoms with Crippen molar-refractivity contribution in [2.45, 2.75) is 58.8 Å². The Hall–Kier alpha value is -2.29. The van der Waals surface area contributed by atoms with Crippen molar-refractivity contribution < 1.29 is 14.6 Å². The third-order valence-corrected chi connectivity index (χ3v) is 5.20. The summed E-state index contributed by atoms with van der Waals surface area (Å²) < 4.78 is 5.33. The minimum Gasteiger partial charge on any atom is -0.482 e. The Bertz CT molecular complexity index is 793. The molecule has 0 heterocycles. The molecule has 26 heavy (non-hydrogen) atoms. The molecule has 1 aliphatic carbocycles. The Morgan fingerprint density at radius 3 is 2.35 bits per heavy atom. The predicted molar refractivity (Wildman–Crippen MR) is 104 cm³/mol. The normalized spacial score (nSPS) is 13.9. The number of aryl methyl sites for hydroxylation is 2. The molecule has 0 spiro atoms. The number of hydrogen-bond acceptors (Lipinski definition) is 2. The zero-order chi connectivity index (χ0) is 18.8. The molecule has 0 aliphatic heterocycles. The van der Waals surface area contributed by atoms with Crippen LogP contribution in [0.25, 0.3) is 0 Å². The highest BCUT2D eigenvalue weighted by Gasteiger charge is 2.26. The van der Waals surface area contributed by atoms with E-state index in [0.29, 0.717) is 11.7 Å². The molecular weight excluding hydrogens is 324 g/mol. The molecule has 0 aromatic heterocycles. The predicted octanol–water partition coefficient (Wildman–Crippen LogP) is 5.36. The molecule has 1 aliphatic rings. The molecule has 138 valence electrons. The maximum Gasteiger partial charge on any atom is 0.341 e. The van der Waals surface area contributed by atoms with Crippen LogP contribution in [-0.4, -0.2) is 17.7 Å². The number of rotatable bonds is 7. The van der Waals surface area contributed by atoms with Crippen LogP contribution < -0.4 is 4.74 Å². The summed E-state index contributed by atoms with van der Waals surface area (Å²) >= 11 is 0. The largest absolute Gasteiger partial charge is 0.482 e.